The normalized spacial score (nSPS) is 20.0. The van der Waals surface area contributed by atoms with E-state index < -0.39 is 0 Å². The van der Waals surface area contributed by atoms with Crippen molar-refractivity contribution in [3.8, 4) is 0 Å². The van der Waals surface area contributed by atoms with Crippen LogP contribution in [0.3, 0.4) is 0 Å². The lowest BCUT2D eigenvalue weighted by molar-refractivity contribution is 0.333. The van der Waals surface area contributed by atoms with Crippen LogP contribution >= 0.6 is 11.6 Å². The Morgan fingerprint density at radius 1 is 1.19 bits per heavy atom. The van der Waals surface area contributed by atoms with Crippen LogP contribution in [0, 0.1) is 5.92 Å². The molecule has 0 unspecified atom stereocenters. The van der Waals surface area contributed by atoms with Crippen LogP contribution in [0.2, 0.25) is 5.15 Å². The van der Waals surface area contributed by atoms with Gasteiger partial charge in [-0.05, 0) is 31.6 Å². The number of anilines is 1. The Labute approximate surface area is 129 Å². The molecule has 0 aliphatic heterocycles. The van der Waals surface area contributed by atoms with E-state index >= 15 is 0 Å². The Balaban J connectivity index is 1.66. The maximum atomic E-state index is 6.23. The molecule has 5 heteroatoms. The van der Waals surface area contributed by atoms with E-state index in [9.17, 15) is 0 Å². The molecule has 1 N–H and O–H groups in total. The van der Waals surface area contributed by atoms with Crippen molar-refractivity contribution < 1.29 is 0 Å². The smallest absolute Gasteiger partial charge is 0.163 e. The molecule has 21 heavy (non-hydrogen) atoms. The second-order valence-corrected chi connectivity index (χ2v) is 6.82. The Hall–Kier alpha value is -1.29. The van der Waals surface area contributed by atoms with E-state index in [0.717, 1.165) is 29.3 Å². The molecule has 4 rings (SSSR count). The van der Waals surface area contributed by atoms with Crippen molar-refractivity contribution in [3.63, 3.8) is 0 Å². The highest BCUT2D eigenvalue weighted by Crippen LogP contribution is 2.34. The van der Waals surface area contributed by atoms with Gasteiger partial charge in [-0.25, -0.2) is 9.97 Å². The number of hydrogen-bond donors (Lipinski definition) is 1. The van der Waals surface area contributed by atoms with Crippen molar-refractivity contribution in [2.75, 3.05) is 11.9 Å². The molecule has 0 spiro atoms. The molecule has 0 saturated heterocycles. The molecule has 2 heterocycles. The number of pyridine rings is 1. The van der Waals surface area contributed by atoms with Crippen LogP contribution in [0.5, 0.6) is 0 Å². The molecule has 0 bridgehead atoms. The molecule has 0 amide bonds. The molecule has 2 aromatic rings. The zero-order chi connectivity index (χ0) is 14.2. The number of rotatable bonds is 4. The molecule has 2 fully saturated rings. The Bertz CT molecular complexity index is 641. The van der Waals surface area contributed by atoms with Crippen molar-refractivity contribution in [3.05, 3.63) is 17.5 Å². The number of halogens is 1. The summed E-state index contributed by atoms with van der Waals surface area (Å²) in [5.74, 6) is 0.809. The molecule has 2 aliphatic carbocycles. The van der Waals surface area contributed by atoms with Gasteiger partial charge in [0.05, 0.1) is 12.0 Å². The second kappa shape index (κ2) is 5.48. The summed E-state index contributed by atoms with van der Waals surface area (Å²) in [7, 11) is 0. The number of nitrogens with one attached hydrogen (secondary N) is 1. The fourth-order valence-electron chi connectivity index (χ4n) is 3.51. The largest absolute Gasteiger partial charge is 0.383 e. The quantitative estimate of drug-likeness (QED) is 0.851. The molecule has 2 aromatic heterocycles. The SMILES string of the molecule is Clc1cc(NCC2CCC2)c2ncn(C3CCCC3)c2n1. The van der Waals surface area contributed by atoms with E-state index in [0.29, 0.717) is 11.2 Å². The van der Waals surface area contributed by atoms with E-state index in [1.165, 1.54) is 44.9 Å². The Morgan fingerprint density at radius 2 is 2.00 bits per heavy atom. The summed E-state index contributed by atoms with van der Waals surface area (Å²) >= 11 is 6.23. The standard InChI is InChI=1S/C16H21ClN4/c17-14-8-13(18-9-11-4-3-5-11)15-16(20-14)21(10-19-15)12-6-1-2-7-12/h8,10-12H,1-7,9H2,(H,18,20). The summed E-state index contributed by atoms with van der Waals surface area (Å²) in [5, 5.41) is 4.09. The number of hydrogen-bond acceptors (Lipinski definition) is 3. The molecule has 2 aliphatic rings. The van der Waals surface area contributed by atoms with Gasteiger partial charge in [-0.3, -0.25) is 0 Å². The maximum absolute atomic E-state index is 6.23. The third-order valence-electron chi connectivity index (χ3n) is 5.02. The van der Waals surface area contributed by atoms with Crippen LogP contribution in [0.15, 0.2) is 12.4 Å². The first-order valence-electron chi connectivity index (χ1n) is 8.08. The Kier molecular flexibility index (Phi) is 3.49. The summed E-state index contributed by atoms with van der Waals surface area (Å²) < 4.78 is 2.22. The number of nitrogens with zero attached hydrogens (tertiary/aromatic N) is 3. The van der Waals surface area contributed by atoms with Crippen LogP contribution in [0.4, 0.5) is 5.69 Å². The average Bonchev–Trinajstić information content (AvgIpc) is 3.04. The van der Waals surface area contributed by atoms with Crippen LogP contribution < -0.4 is 5.32 Å². The van der Waals surface area contributed by atoms with E-state index in [-0.39, 0.29) is 0 Å². The fourth-order valence-corrected chi connectivity index (χ4v) is 3.70. The van der Waals surface area contributed by atoms with Gasteiger partial charge >= 0.3 is 0 Å². The molecule has 112 valence electrons. The third-order valence-corrected chi connectivity index (χ3v) is 5.22. The monoisotopic (exact) mass is 304 g/mol. The van der Waals surface area contributed by atoms with E-state index in [1.54, 1.807) is 0 Å². The molecule has 4 nitrogen and oxygen atoms in total. The van der Waals surface area contributed by atoms with Crippen molar-refractivity contribution in [2.24, 2.45) is 5.92 Å². The third kappa shape index (κ3) is 2.50. The van der Waals surface area contributed by atoms with Gasteiger partial charge < -0.3 is 9.88 Å². The summed E-state index contributed by atoms with van der Waals surface area (Å²) in [5.41, 5.74) is 2.93. The van der Waals surface area contributed by atoms with Crippen molar-refractivity contribution in [1.82, 2.24) is 14.5 Å². The first-order valence-corrected chi connectivity index (χ1v) is 8.46. The molecule has 0 radical (unpaired) electrons. The van der Waals surface area contributed by atoms with Crippen molar-refractivity contribution in [2.45, 2.75) is 51.0 Å². The highest BCUT2D eigenvalue weighted by molar-refractivity contribution is 6.30. The minimum atomic E-state index is 0.542. The molecule has 0 atom stereocenters. The van der Waals surface area contributed by atoms with Gasteiger partial charge in [0.2, 0.25) is 0 Å². The van der Waals surface area contributed by atoms with Crippen molar-refractivity contribution >= 4 is 28.5 Å². The van der Waals surface area contributed by atoms with Gasteiger partial charge in [0.1, 0.15) is 10.7 Å². The minimum Gasteiger partial charge on any atom is -0.383 e. The van der Waals surface area contributed by atoms with Gasteiger partial charge in [0.15, 0.2) is 5.65 Å². The van der Waals surface area contributed by atoms with Crippen LogP contribution in [0.25, 0.3) is 11.2 Å². The highest BCUT2D eigenvalue weighted by atomic mass is 35.5. The fraction of sp³-hybridized carbons (Fsp3) is 0.625. The molecular weight excluding hydrogens is 284 g/mol. The first kappa shape index (κ1) is 13.4. The van der Waals surface area contributed by atoms with Crippen molar-refractivity contribution in [1.29, 1.82) is 0 Å². The lowest BCUT2D eigenvalue weighted by atomic mass is 9.85. The lowest BCUT2D eigenvalue weighted by Crippen LogP contribution is -2.21. The van der Waals surface area contributed by atoms with Crippen LogP contribution in [0.1, 0.15) is 51.0 Å². The Morgan fingerprint density at radius 3 is 2.71 bits per heavy atom. The van der Waals surface area contributed by atoms with Gasteiger partial charge in [-0.2, -0.15) is 0 Å². The summed E-state index contributed by atoms with van der Waals surface area (Å²) in [4.78, 5) is 9.13. The molecular formula is C16H21ClN4. The predicted molar refractivity (Wildman–Crippen MR) is 85.9 cm³/mol. The summed E-state index contributed by atoms with van der Waals surface area (Å²) in [6.07, 6.45) is 11.1. The number of fused-ring (bicyclic) bond motifs is 1. The van der Waals surface area contributed by atoms with Gasteiger partial charge in [-0.1, -0.05) is 30.9 Å². The zero-order valence-electron chi connectivity index (χ0n) is 12.2. The summed E-state index contributed by atoms with van der Waals surface area (Å²) in [6, 6.07) is 2.45. The highest BCUT2D eigenvalue weighted by Gasteiger charge is 2.22. The first-order chi connectivity index (χ1) is 10.3. The van der Waals surface area contributed by atoms with E-state index in [1.807, 2.05) is 12.4 Å². The number of aromatic nitrogens is 3. The zero-order valence-corrected chi connectivity index (χ0v) is 12.9. The van der Waals surface area contributed by atoms with Crippen LogP contribution in [-0.2, 0) is 0 Å². The van der Waals surface area contributed by atoms with Gasteiger partial charge in [0.25, 0.3) is 0 Å². The van der Waals surface area contributed by atoms with Gasteiger partial charge in [-0.15, -0.1) is 0 Å². The van der Waals surface area contributed by atoms with Gasteiger partial charge in [0, 0.05) is 18.7 Å². The molecule has 2 saturated carbocycles. The lowest BCUT2D eigenvalue weighted by Gasteiger charge is -2.25. The molecule has 0 aromatic carbocycles. The predicted octanol–water partition coefficient (Wildman–Crippen LogP) is 4.41. The minimum absolute atomic E-state index is 0.542. The van der Waals surface area contributed by atoms with Crippen LogP contribution in [-0.4, -0.2) is 21.1 Å². The van der Waals surface area contributed by atoms with E-state index in [4.69, 9.17) is 11.6 Å². The maximum Gasteiger partial charge on any atom is 0.163 e. The topological polar surface area (TPSA) is 42.7 Å². The second-order valence-electron chi connectivity index (χ2n) is 6.43. The number of imidazole rings is 1. The summed E-state index contributed by atoms with van der Waals surface area (Å²) in [6.45, 7) is 1.02. The average molecular weight is 305 g/mol. The van der Waals surface area contributed by atoms with E-state index in [2.05, 4.69) is 19.9 Å².